The molecule has 0 saturated heterocycles. The van der Waals surface area contributed by atoms with Crippen LogP contribution in [0.3, 0.4) is 0 Å². The number of Topliss-reactive ketones (excluding diaryl/α,β-unsaturated/α-hetero) is 1. The van der Waals surface area contributed by atoms with Crippen molar-refractivity contribution in [3.63, 3.8) is 0 Å². The lowest BCUT2D eigenvalue weighted by Crippen LogP contribution is -2.11. The molecule has 2 N–H and O–H groups in total. The summed E-state index contributed by atoms with van der Waals surface area (Å²) in [6, 6.07) is 1.54. The molecule has 0 aliphatic heterocycles. The fraction of sp³-hybridized carbons (Fsp3) is 0.417. The standard InChI is InChI=1S/C12H16ClNO4/c1-16-9-6-7(13)11(17-2)10(12(9)18-3)8(15)4-5-14/h6H,4-5,14H2,1-3H3. The minimum atomic E-state index is -0.202. The molecule has 0 amide bonds. The van der Waals surface area contributed by atoms with Crippen molar-refractivity contribution < 1.29 is 19.0 Å². The summed E-state index contributed by atoms with van der Waals surface area (Å²) in [4.78, 5) is 12.1. The van der Waals surface area contributed by atoms with E-state index in [1.807, 2.05) is 0 Å². The lowest BCUT2D eigenvalue weighted by Gasteiger charge is -2.16. The van der Waals surface area contributed by atoms with Crippen LogP contribution in [0.15, 0.2) is 6.07 Å². The Morgan fingerprint density at radius 2 is 1.83 bits per heavy atom. The van der Waals surface area contributed by atoms with Crippen LogP contribution in [0.2, 0.25) is 5.02 Å². The number of ether oxygens (including phenoxy) is 3. The lowest BCUT2D eigenvalue weighted by molar-refractivity contribution is 0.0978. The van der Waals surface area contributed by atoms with Gasteiger partial charge in [0.2, 0.25) is 0 Å². The second kappa shape index (κ2) is 6.47. The third-order valence-corrected chi connectivity index (χ3v) is 2.71. The summed E-state index contributed by atoms with van der Waals surface area (Å²) in [6.07, 6.45) is 0.177. The van der Waals surface area contributed by atoms with Crippen molar-refractivity contribution in [2.24, 2.45) is 5.73 Å². The van der Waals surface area contributed by atoms with Gasteiger partial charge in [-0.15, -0.1) is 0 Å². The number of rotatable bonds is 6. The fourth-order valence-corrected chi connectivity index (χ4v) is 1.93. The SMILES string of the molecule is COc1cc(Cl)c(OC)c(C(=O)CCN)c1OC. The first-order valence-electron chi connectivity index (χ1n) is 5.32. The molecule has 100 valence electrons. The maximum atomic E-state index is 12.1. The molecule has 6 heteroatoms. The molecular formula is C12H16ClNO4. The van der Waals surface area contributed by atoms with E-state index in [1.54, 1.807) is 6.07 Å². The van der Waals surface area contributed by atoms with Gasteiger partial charge in [0.05, 0.1) is 26.4 Å². The molecule has 0 atom stereocenters. The van der Waals surface area contributed by atoms with Crippen molar-refractivity contribution in [3.8, 4) is 17.2 Å². The molecular weight excluding hydrogens is 258 g/mol. The summed E-state index contributed by atoms with van der Waals surface area (Å²) in [7, 11) is 4.36. The highest BCUT2D eigenvalue weighted by Gasteiger charge is 2.24. The van der Waals surface area contributed by atoms with E-state index in [-0.39, 0.29) is 35.1 Å². The van der Waals surface area contributed by atoms with E-state index >= 15 is 0 Å². The molecule has 18 heavy (non-hydrogen) atoms. The molecule has 1 aromatic rings. The van der Waals surface area contributed by atoms with Gasteiger partial charge in [-0.05, 0) is 6.54 Å². The average Bonchev–Trinajstić information content (AvgIpc) is 2.37. The number of benzene rings is 1. The Hall–Kier alpha value is -1.46. The fourth-order valence-electron chi connectivity index (χ4n) is 1.66. The van der Waals surface area contributed by atoms with Crippen LogP contribution in [0.5, 0.6) is 17.2 Å². The number of nitrogens with two attached hydrogens (primary N) is 1. The molecule has 0 unspecified atom stereocenters. The van der Waals surface area contributed by atoms with Gasteiger partial charge in [0.1, 0.15) is 5.56 Å². The zero-order chi connectivity index (χ0) is 13.7. The highest BCUT2D eigenvalue weighted by molar-refractivity contribution is 6.33. The maximum Gasteiger partial charge on any atom is 0.175 e. The molecule has 0 spiro atoms. The highest BCUT2D eigenvalue weighted by Crippen LogP contribution is 2.43. The molecule has 5 nitrogen and oxygen atoms in total. The zero-order valence-electron chi connectivity index (χ0n) is 10.6. The molecule has 0 aromatic heterocycles. The predicted octanol–water partition coefficient (Wildman–Crippen LogP) is 1.90. The number of hydrogen-bond donors (Lipinski definition) is 1. The molecule has 0 fully saturated rings. The summed E-state index contributed by atoms with van der Waals surface area (Å²) < 4.78 is 15.5. The van der Waals surface area contributed by atoms with Gasteiger partial charge in [-0.1, -0.05) is 11.6 Å². The average molecular weight is 274 g/mol. The monoisotopic (exact) mass is 273 g/mol. The zero-order valence-corrected chi connectivity index (χ0v) is 11.3. The van der Waals surface area contributed by atoms with Gasteiger partial charge >= 0.3 is 0 Å². The van der Waals surface area contributed by atoms with Gasteiger partial charge in [0.25, 0.3) is 0 Å². The third-order valence-electron chi connectivity index (χ3n) is 2.43. The minimum absolute atomic E-state index is 0.177. The summed E-state index contributed by atoms with van der Waals surface area (Å²) in [5.74, 6) is 0.751. The van der Waals surface area contributed by atoms with Crippen molar-refractivity contribution >= 4 is 17.4 Å². The number of carbonyl (C=O) groups is 1. The Bertz CT molecular complexity index is 448. The molecule has 1 rings (SSSR count). The van der Waals surface area contributed by atoms with E-state index in [1.165, 1.54) is 21.3 Å². The molecule has 0 saturated carbocycles. The molecule has 0 radical (unpaired) electrons. The number of halogens is 1. The third kappa shape index (κ3) is 2.68. The van der Waals surface area contributed by atoms with Crippen LogP contribution < -0.4 is 19.9 Å². The second-order valence-corrected chi connectivity index (χ2v) is 3.87. The number of hydrogen-bond acceptors (Lipinski definition) is 5. The second-order valence-electron chi connectivity index (χ2n) is 3.46. The van der Waals surface area contributed by atoms with Crippen molar-refractivity contribution in [3.05, 3.63) is 16.7 Å². The maximum absolute atomic E-state index is 12.1. The van der Waals surface area contributed by atoms with E-state index < -0.39 is 0 Å². The van der Waals surface area contributed by atoms with Crippen molar-refractivity contribution in [2.75, 3.05) is 27.9 Å². The van der Waals surface area contributed by atoms with Crippen LogP contribution in [-0.4, -0.2) is 33.7 Å². The van der Waals surface area contributed by atoms with E-state index in [0.717, 1.165) is 0 Å². The first-order valence-corrected chi connectivity index (χ1v) is 5.70. The highest BCUT2D eigenvalue weighted by atomic mass is 35.5. The Kier molecular flexibility index (Phi) is 5.25. The molecule has 1 aromatic carbocycles. The van der Waals surface area contributed by atoms with Crippen LogP contribution >= 0.6 is 11.6 Å². The van der Waals surface area contributed by atoms with Crippen LogP contribution in [0, 0.1) is 0 Å². The Balaban J connectivity index is 3.50. The van der Waals surface area contributed by atoms with Crippen LogP contribution in [0.1, 0.15) is 16.8 Å². The van der Waals surface area contributed by atoms with E-state index in [0.29, 0.717) is 11.5 Å². The quantitative estimate of drug-likeness (QED) is 0.802. The first-order chi connectivity index (χ1) is 8.60. The van der Waals surface area contributed by atoms with Gasteiger partial charge < -0.3 is 19.9 Å². The molecule has 0 aliphatic rings. The summed E-state index contributed by atoms with van der Waals surface area (Å²) >= 11 is 6.04. The molecule has 0 aliphatic carbocycles. The van der Waals surface area contributed by atoms with E-state index in [4.69, 9.17) is 31.5 Å². The topological polar surface area (TPSA) is 70.8 Å². The van der Waals surface area contributed by atoms with Gasteiger partial charge in [0, 0.05) is 12.5 Å². The van der Waals surface area contributed by atoms with E-state index in [2.05, 4.69) is 0 Å². The van der Waals surface area contributed by atoms with Gasteiger partial charge in [-0.25, -0.2) is 0 Å². The van der Waals surface area contributed by atoms with Crippen LogP contribution in [0.25, 0.3) is 0 Å². The van der Waals surface area contributed by atoms with Crippen molar-refractivity contribution in [2.45, 2.75) is 6.42 Å². The number of methoxy groups -OCH3 is 3. The van der Waals surface area contributed by atoms with E-state index in [9.17, 15) is 4.79 Å². The minimum Gasteiger partial charge on any atom is -0.494 e. The van der Waals surface area contributed by atoms with Crippen LogP contribution in [0.4, 0.5) is 0 Å². The number of carbonyl (C=O) groups excluding carboxylic acids is 1. The Morgan fingerprint density at radius 3 is 2.28 bits per heavy atom. The molecule has 0 heterocycles. The largest absolute Gasteiger partial charge is 0.494 e. The number of ketones is 1. The summed E-state index contributed by atoms with van der Waals surface area (Å²) in [6.45, 7) is 0.236. The van der Waals surface area contributed by atoms with Crippen molar-refractivity contribution in [1.29, 1.82) is 0 Å². The van der Waals surface area contributed by atoms with Gasteiger partial charge in [0.15, 0.2) is 23.0 Å². The molecule has 0 bridgehead atoms. The Labute approximate surface area is 111 Å². The first kappa shape index (κ1) is 14.6. The lowest BCUT2D eigenvalue weighted by atomic mass is 10.0. The van der Waals surface area contributed by atoms with Gasteiger partial charge in [-0.2, -0.15) is 0 Å². The smallest absolute Gasteiger partial charge is 0.175 e. The normalized spacial score (nSPS) is 10.1. The summed E-state index contributed by atoms with van der Waals surface area (Å²) in [5, 5.41) is 0.288. The Morgan fingerprint density at radius 1 is 1.22 bits per heavy atom. The van der Waals surface area contributed by atoms with Gasteiger partial charge in [-0.3, -0.25) is 4.79 Å². The van der Waals surface area contributed by atoms with Crippen LogP contribution in [-0.2, 0) is 0 Å². The predicted molar refractivity (Wildman–Crippen MR) is 69.1 cm³/mol. The summed E-state index contributed by atoms with van der Waals surface area (Å²) in [5.41, 5.74) is 5.65. The van der Waals surface area contributed by atoms with Crippen molar-refractivity contribution in [1.82, 2.24) is 0 Å².